The van der Waals surface area contributed by atoms with E-state index in [0.717, 1.165) is 6.08 Å². The van der Waals surface area contributed by atoms with Crippen LogP contribution in [-0.2, 0) is 4.79 Å². The van der Waals surface area contributed by atoms with Crippen molar-refractivity contribution in [2.24, 2.45) is 0 Å². The van der Waals surface area contributed by atoms with E-state index in [9.17, 15) is 9.18 Å². The van der Waals surface area contributed by atoms with Crippen LogP contribution in [0.15, 0.2) is 24.3 Å². The summed E-state index contributed by atoms with van der Waals surface area (Å²) in [7, 11) is 1.46. The van der Waals surface area contributed by atoms with Gasteiger partial charge in [-0.3, -0.25) is 0 Å². The fourth-order valence-electron chi connectivity index (χ4n) is 1.28. The van der Waals surface area contributed by atoms with E-state index in [0.29, 0.717) is 17.1 Å². The number of para-hydroxylation sites is 1. The van der Waals surface area contributed by atoms with Gasteiger partial charge in [-0.1, -0.05) is 12.1 Å². The van der Waals surface area contributed by atoms with Crippen molar-refractivity contribution in [3.8, 4) is 11.5 Å². The number of carboxylic acids is 1. The van der Waals surface area contributed by atoms with Crippen LogP contribution in [0.1, 0.15) is 5.56 Å². The van der Waals surface area contributed by atoms with Gasteiger partial charge in [0, 0.05) is 11.6 Å². The second kappa shape index (κ2) is 6.52. The Morgan fingerprint density at radius 3 is 2.88 bits per heavy atom. The highest BCUT2D eigenvalue weighted by Crippen LogP contribution is 2.31. The summed E-state index contributed by atoms with van der Waals surface area (Å²) < 4.78 is 22.3. The Balaban J connectivity index is 3.05. The Hall–Kier alpha value is -2.04. The average Bonchev–Trinajstić information content (AvgIpc) is 2.33. The fourth-order valence-corrected chi connectivity index (χ4v) is 1.28. The molecule has 4 nitrogen and oxygen atoms in total. The third-order valence-electron chi connectivity index (χ3n) is 1.96. The first kappa shape index (κ1) is 13.0. The molecule has 0 aromatic heterocycles. The van der Waals surface area contributed by atoms with E-state index >= 15 is 0 Å². The molecule has 0 unspecified atom stereocenters. The Morgan fingerprint density at radius 2 is 2.29 bits per heavy atom. The lowest BCUT2D eigenvalue weighted by Gasteiger charge is -2.11. The van der Waals surface area contributed by atoms with Crippen LogP contribution < -0.4 is 9.47 Å². The van der Waals surface area contributed by atoms with Crippen LogP contribution in [0.5, 0.6) is 11.5 Å². The van der Waals surface area contributed by atoms with Crippen molar-refractivity contribution in [1.29, 1.82) is 0 Å². The second-order valence-electron chi connectivity index (χ2n) is 3.09. The van der Waals surface area contributed by atoms with Crippen LogP contribution in [0.2, 0.25) is 0 Å². The summed E-state index contributed by atoms with van der Waals surface area (Å²) in [6.45, 7) is -0.728. The van der Waals surface area contributed by atoms with Gasteiger partial charge >= 0.3 is 5.97 Å². The molecule has 1 aromatic rings. The van der Waals surface area contributed by atoms with E-state index in [4.69, 9.17) is 14.6 Å². The number of benzene rings is 1. The summed E-state index contributed by atoms with van der Waals surface area (Å²) in [5.41, 5.74) is 0.528. The van der Waals surface area contributed by atoms with Gasteiger partial charge < -0.3 is 14.6 Å². The molecule has 17 heavy (non-hydrogen) atoms. The Labute approximate surface area is 98.3 Å². The topological polar surface area (TPSA) is 55.8 Å². The summed E-state index contributed by atoms with van der Waals surface area (Å²) in [6, 6.07) is 5.02. The van der Waals surface area contributed by atoms with Gasteiger partial charge in [0.15, 0.2) is 11.5 Å². The molecule has 0 aliphatic rings. The summed E-state index contributed by atoms with van der Waals surface area (Å²) >= 11 is 0. The molecule has 0 saturated carbocycles. The van der Waals surface area contributed by atoms with Crippen molar-refractivity contribution < 1.29 is 23.8 Å². The first-order chi connectivity index (χ1) is 8.19. The zero-order valence-electron chi connectivity index (χ0n) is 9.35. The number of aliphatic carboxylic acids is 1. The Morgan fingerprint density at radius 1 is 1.53 bits per heavy atom. The molecule has 5 heteroatoms. The van der Waals surface area contributed by atoms with E-state index in [1.54, 1.807) is 18.2 Å². The molecule has 0 aliphatic carbocycles. The van der Waals surface area contributed by atoms with E-state index in [2.05, 4.69) is 0 Å². The molecular formula is C12H13FO4. The van der Waals surface area contributed by atoms with Gasteiger partial charge in [-0.25, -0.2) is 9.18 Å². The number of ether oxygens (including phenoxy) is 2. The fraction of sp³-hybridized carbons (Fsp3) is 0.250. The van der Waals surface area contributed by atoms with Gasteiger partial charge in [0.05, 0.1) is 7.11 Å². The highest BCUT2D eigenvalue weighted by Gasteiger charge is 2.08. The van der Waals surface area contributed by atoms with Crippen LogP contribution in [-0.4, -0.2) is 31.5 Å². The van der Waals surface area contributed by atoms with Gasteiger partial charge in [-0.05, 0) is 12.1 Å². The largest absolute Gasteiger partial charge is 0.493 e. The minimum absolute atomic E-state index is 0.103. The molecule has 0 radical (unpaired) electrons. The van der Waals surface area contributed by atoms with E-state index < -0.39 is 12.6 Å². The van der Waals surface area contributed by atoms with Crippen LogP contribution in [0.3, 0.4) is 0 Å². The molecule has 0 bridgehead atoms. The summed E-state index contributed by atoms with van der Waals surface area (Å²) in [5, 5.41) is 8.55. The first-order valence-electron chi connectivity index (χ1n) is 4.95. The zero-order chi connectivity index (χ0) is 12.7. The molecule has 92 valence electrons. The molecular weight excluding hydrogens is 227 g/mol. The summed E-state index contributed by atoms with van der Waals surface area (Å²) in [4.78, 5) is 10.4. The monoisotopic (exact) mass is 240 g/mol. The van der Waals surface area contributed by atoms with E-state index in [1.165, 1.54) is 13.2 Å². The second-order valence-corrected chi connectivity index (χ2v) is 3.09. The number of alkyl halides is 1. The van der Waals surface area contributed by atoms with Gasteiger partial charge in [-0.15, -0.1) is 0 Å². The highest BCUT2D eigenvalue weighted by molar-refractivity contribution is 5.86. The number of rotatable bonds is 6. The molecule has 0 aliphatic heterocycles. The highest BCUT2D eigenvalue weighted by atomic mass is 19.1. The average molecular weight is 240 g/mol. The molecule has 1 N–H and O–H groups in total. The maximum atomic E-state index is 12.1. The summed E-state index contributed by atoms with van der Waals surface area (Å²) in [5.74, 6) is -0.291. The summed E-state index contributed by atoms with van der Waals surface area (Å²) in [6.07, 6.45) is 2.36. The predicted octanol–water partition coefficient (Wildman–Crippen LogP) is 2.14. The van der Waals surface area contributed by atoms with Gasteiger partial charge in [0.25, 0.3) is 0 Å². The van der Waals surface area contributed by atoms with Gasteiger partial charge in [0.1, 0.15) is 13.3 Å². The molecule has 1 rings (SSSR count). The lowest BCUT2D eigenvalue weighted by Crippen LogP contribution is -2.02. The molecule has 0 spiro atoms. The minimum atomic E-state index is -1.07. The van der Waals surface area contributed by atoms with Crippen LogP contribution in [0, 0.1) is 0 Å². The smallest absolute Gasteiger partial charge is 0.328 e. The van der Waals surface area contributed by atoms with E-state index in [1.807, 2.05) is 0 Å². The number of hydrogen-bond donors (Lipinski definition) is 1. The maximum Gasteiger partial charge on any atom is 0.328 e. The lowest BCUT2D eigenvalue weighted by molar-refractivity contribution is -0.131. The van der Waals surface area contributed by atoms with Gasteiger partial charge in [-0.2, -0.15) is 0 Å². The third kappa shape index (κ3) is 3.79. The van der Waals surface area contributed by atoms with Crippen molar-refractivity contribution in [2.75, 3.05) is 20.4 Å². The Bertz CT molecular complexity index is 415. The number of hydrogen-bond acceptors (Lipinski definition) is 3. The number of methoxy groups -OCH3 is 1. The molecule has 0 amide bonds. The zero-order valence-corrected chi connectivity index (χ0v) is 9.35. The number of halogens is 1. The molecule has 0 saturated heterocycles. The predicted molar refractivity (Wildman–Crippen MR) is 61.1 cm³/mol. The van der Waals surface area contributed by atoms with Crippen molar-refractivity contribution >= 4 is 12.0 Å². The Kier molecular flexibility index (Phi) is 5.00. The molecule has 0 heterocycles. The maximum absolute atomic E-state index is 12.1. The first-order valence-corrected chi connectivity index (χ1v) is 4.95. The van der Waals surface area contributed by atoms with Crippen LogP contribution in [0.25, 0.3) is 6.08 Å². The van der Waals surface area contributed by atoms with Crippen molar-refractivity contribution in [3.63, 3.8) is 0 Å². The molecule has 0 fully saturated rings. The minimum Gasteiger partial charge on any atom is -0.493 e. The quantitative estimate of drug-likeness (QED) is 0.774. The molecule has 0 atom stereocenters. The third-order valence-corrected chi connectivity index (χ3v) is 1.96. The van der Waals surface area contributed by atoms with Crippen molar-refractivity contribution in [1.82, 2.24) is 0 Å². The van der Waals surface area contributed by atoms with Crippen molar-refractivity contribution in [2.45, 2.75) is 0 Å². The normalized spacial score (nSPS) is 10.5. The molecule has 1 aromatic carbocycles. The number of carbonyl (C=O) groups is 1. The van der Waals surface area contributed by atoms with E-state index in [-0.39, 0.29) is 6.61 Å². The van der Waals surface area contributed by atoms with Gasteiger partial charge in [0.2, 0.25) is 0 Å². The lowest BCUT2D eigenvalue weighted by atomic mass is 10.1. The standard InChI is InChI=1S/C12H13FO4/c1-16-10-4-2-3-9(5-6-11(14)15)12(10)17-8-7-13/h2-6H,7-8H2,1H3,(H,14,15)/b6-5+. The number of carboxylic acid groups (broad SMARTS) is 1. The SMILES string of the molecule is COc1cccc(/C=C/C(=O)O)c1OCCF. The van der Waals surface area contributed by atoms with Crippen LogP contribution >= 0.6 is 0 Å². The van der Waals surface area contributed by atoms with Crippen LogP contribution in [0.4, 0.5) is 4.39 Å². The van der Waals surface area contributed by atoms with Crippen molar-refractivity contribution in [3.05, 3.63) is 29.8 Å².